The minimum absolute atomic E-state index is 0.0771. The smallest absolute Gasteiger partial charge is 0.350 e. The molecule has 2 aromatic heterocycles. The van der Waals surface area contributed by atoms with Crippen LogP contribution in [0.25, 0.3) is 0 Å². The van der Waals surface area contributed by atoms with Gasteiger partial charge in [-0.25, -0.2) is 14.5 Å². The molecule has 3 heterocycles. The van der Waals surface area contributed by atoms with Gasteiger partial charge in [-0.05, 0) is 35.0 Å². The first-order valence-corrected chi connectivity index (χ1v) is 10.5. The number of thioether (sulfide) groups is 1. The second-order valence-electron chi connectivity index (χ2n) is 6.07. The highest BCUT2D eigenvalue weighted by Crippen LogP contribution is 2.33. The Morgan fingerprint density at radius 2 is 2.17 bits per heavy atom. The van der Waals surface area contributed by atoms with E-state index in [0.29, 0.717) is 38.9 Å². The van der Waals surface area contributed by atoms with Crippen LogP contribution in [0, 0.1) is 6.92 Å². The molecule has 0 unspecified atom stereocenters. The van der Waals surface area contributed by atoms with Crippen molar-refractivity contribution in [3.05, 3.63) is 34.3 Å². The molecule has 0 saturated carbocycles. The van der Waals surface area contributed by atoms with Gasteiger partial charge in [0, 0.05) is 0 Å². The molecular formula is C17H16N6O5S2. The number of nitrogens with one attached hydrogen (secondary N) is 1. The van der Waals surface area contributed by atoms with Crippen molar-refractivity contribution in [3.63, 3.8) is 0 Å². The van der Waals surface area contributed by atoms with Crippen LogP contribution < -0.4 is 14.8 Å². The summed E-state index contributed by atoms with van der Waals surface area (Å²) in [6, 6.07) is 5.61. The lowest BCUT2D eigenvalue weighted by Gasteiger charge is -2.05. The Balaban J connectivity index is 1.35. The summed E-state index contributed by atoms with van der Waals surface area (Å²) < 4.78 is 17.0. The third-order valence-electron chi connectivity index (χ3n) is 4.01. The molecule has 1 aliphatic heterocycles. The normalized spacial score (nSPS) is 12.1. The van der Waals surface area contributed by atoms with Crippen molar-refractivity contribution in [2.45, 2.75) is 18.6 Å². The van der Waals surface area contributed by atoms with E-state index in [4.69, 9.17) is 14.2 Å². The molecule has 156 valence electrons. The predicted octanol–water partition coefficient (Wildman–Crippen LogP) is 1.73. The van der Waals surface area contributed by atoms with E-state index in [1.807, 2.05) is 18.2 Å². The number of amides is 1. The zero-order valence-electron chi connectivity index (χ0n) is 15.9. The van der Waals surface area contributed by atoms with Crippen LogP contribution in [0.1, 0.15) is 20.9 Å². The first-order valence-electron chi connectivity index (χ1n) is 8.66. The van der Waals surface area contributed by atoms with Crippen molar-refractivity contribution in [2.75, 3.05) is 25.0 Å². The average molecular weight is 448 g/mol. The number of hydrogen-bond acceptors (Lipinski definition) is 11. The Morgan fingerprint density at radius 1 is 1.33 bits per heavy atom. The fourth-order valence-corrected chi connectivity index (χ4v) is 4.21. The van der Waals surface area contributed by atoms with Gasteiger partial charge in [-0.1, -0.05) is 29.2 Å². The van der Waals surface area contributed by atoms with Crippen LogP contribution in [0.5, 0.6) is 11.5 Å². The maximum atomic E-state index is 12.3. The fourth-order valence-electron chi connectivity index (χ4n) is 2.63. The van der Waals surface area contributed by atoms with Crippen LogP contribution in [0.15, 0.2) is 23.4 Å². The Bertz CT molecular complexity index is 1100. The van der Waals surface area contributed by atoms with Gasteiger partial charge >= 0.3 is 5.97 Å². The first kappa shape index (κ1) is 20.1. The molecule has 1 N–H and O–H groups in total. The number of ether oxygens (including phenoxy) is 3. The standard InChI is InChI=1S/C17H16N6O5S2/c1-9-14(15(25)26-2)30-16(18-9)19-13(24)7-29-17-20-21-22-23(17)6-10-3-4-11-12(5-10)28-8-27-11/h3-5H,6-8H2,1-2H3,(H,18,19,24). The summed E-state index contributed by atoms with van der Waals surface area (Å²) in [5, 5.41) is 15.1. The van der Waals surface area contributed by atoms with E-state index in [0.717, 1.165) is 16.9 Å². The number of fused-ring (bicyclic) bond motifs is 1. The Hall–Kier alpha value is -3.19. The number of benzene rings is 1. The number of thiazole rings is 1. The average Bonchev–Trinajstić information content (AvgIpc) is 3.45. The van der Waals surface area contributed by atoms with Gasteiger partial charge in [0.05, 0.1) is 25.1 Å². The van der Waals surface area contributed by atoms with Crippen molar-refractivity contribution in [1.82, 2.24) is 25.2 Å². The van der Waals surface area contributed by atoms with Crippen molar-refractivity contribution in [3.8, 4) is 11.5 Å². The second-order valence-corrected chi connectivity index (χ2v) is 8.01. The predicted molar refractivity (Wildman–Crippen MR) is 107 cm³/mol. The zero-order chi connectivity index (χ0) is 21.1. The van der Waals surface area contributed by atoms with Gasteiger partial charge < -0.3 is 19.5 Å². The van der Waals surface area contributed by atoms with Crippen LogP contribution in [-0.2, 0) is 16.1 Å². The number of anilines is 1. The Kier molecular flexibility index (Phi) is 5.81. The topological polar surface area (TPSA) is 130 Å². The van der Waals surface area contributed by atoms with Gasteiger partial charge in [-0.2, -0.15) is 0 Å². The van der Waals surface area contributed by atoms with Gasteiger partial charge in [0.2, 0.25) is 17.9 Å². The molecule has 0 atom stereocenters. The van der Waals surface area contributed by atoms with E-state index in [-0.39, 0.29) is 18.5 Å². The van der Waals surface area contributed by atoms with Crippen molar-refractivity contribution < 1.29 is 23.8 Å². The maximum Gasteiger partial charge on any atom is 0.350 e. The van der Waals surface area contributed by atoms with Crippen LogP contribution in [0.2, 0.25) is 0 Å². The molecule has 0 fully saturated rings. The molecule has 4 rings (SSSR count). The molecule has 1 amide bonds. The van der Waals surface area contributed by atoms with Gasteiger partial charge in [-0.3, -0.25) is 4.79 Å². The molecule has 0 bridgehead atoms. The van der Waals surface area contributed by atoms with Crippen molar-refractivity contribution in [1.29, 1.82) is 0 Å². The van der Waals surface area contributed by atoms with E-state index in [9.17, 15) is 9.59 Å². The van der Waals surface area contributed by atoms with E-state index >= 15 is 0 Å². The monoisotopic (exact) mass is 448 g/mol. The maximum absolute atomic E-state index is 12.3. The summed E-state index contributed by atoms with van der Waals surface area (Å²) >= 11 is 2.26. The molecule has 11 nitrogen and oxygen atoms in total. The number of aryl methyl sites for hydroxylation is 1. The summed E-state index contributed by atoms with van der Waals surface area (Å²) in [6.45, 7) is 2.30. The molecule has 0 spiro atoms. The number of tetrazole rings is 1. The lowest BCUT2D eigenvalue weighted by molar-refractivity contribution is -0.113. The number of hydrogen-bond donors (Lipinski definition) is 1. The Labute approximate surface area is 178 Å². The minimum atomic E-state index is -0.484. The molecule has 0 radical (unpaired) electrons. The van der Waals surface area contributed by atoms with Crippen molar-refractivity contribution >= 4 is 40.1 Å². The lowest BCUT2D eigenvalue weighted by Crippen LogP contribution is -2.14. The zero-order valence-corrected chi connectivity index (χ0v) is 17.6. The highest BCUT2D eigenvalue weighted by atomic mass is 32.2. The summed E-state index contributed by atoms with van der Waals surface area (Å²) in [6.07, 6.45) is 0. The Morgan fingerprint density at radius 3 is 3.00 bits per heavy atom. The van der Waals surface area contributed by atoms with E-state index in [1.165, 1.54) is 18.9 Å². The SMILES string of the molecule is COC(=O)c1sc(NC(=O)CSc2nnnn2Cc2ccc3c(c2)OCO3)nc1C. The van der Waals surface area contributed by atoms with Crippen LogP contribution in [0.3, 0.4) is 0 Å². The van der Waals surface area contributed by atoms with E-state index in [2.05, 4.69) is 25.8 Å². The molecule has 0 aliphatic carbocycles. The minimum Gasteiger partial charge on any atom is -0.465 e. The van der Waals surface area contributed by atoms with Crippen molar-refractivity contribution in [2.24, 2.45) is 0 Å². The highest BCUT2D eigenvalue weighted by Gasteiger charge is 2.18. The summed E-state index contributed by atoms with van der Waals surface area (Å²) in [4.78, 5) is 28.5. The molecule has 1 aromatic carbocycles. The van der Waals surface area contributed by atoms with Gasteiger partial charge in [0.25, 0.3) is 0 Å². The van der Waals surface area contributed by atoms with Gasteiger partial charge in [0.1, 0.15) is 4.88 Å². The number of nitrogens with zero attached hydrogens (tertiary/aromatic N) is 5. The molecule has 30 heavy (non-hydrogen) atoms. The summed E-state index contributed by atoms with van der Waals surface area (Å²) in [5.41, 5.74) is 1.44. The lowest BCUT2D eigenvalue weighted by atomic mass is 10.2. The van der Waals surface area contributed by atoms with Gasteiger partial charge in [0.15, 0.2) is 16.6 Å². The second kappa shape index (κ2) is 8.67. The summed E-state index contributed by atoms with van der Waals surface area (Å²) in [5.74, 6) is 0.687. The number of rotatable bonds is 7. The highest BCUT2D eigenvalue weighted by molar-refractivity contribution is 7.99. The third kappa shape index (κ3) is 4.36. The van der Waals surface area contributed by atoms with Crippen LogP contribution >= 0.6 is 23.1 Å². The molecule has 1 aliphatic rings. The van der Waals surface area contributed by atoms with Crippen LogP contribution in [-0.4, -0.2) is 56.7 Å². The number of carbonyl (C=O) groups excluding carboxylic acids is 2. The molecular weight excluding hydrogens is 432 g/mol. The fraction of sp³-hybridized carbons (Fsp3) is 0.294. The quantitative estimate of drug-likeness (QED) is 0.421. The number of aromatic nitrogens is 5. The first-order chi connectivity index (χ1) is 14.5. The third-order valence-corrected chi connectivity index (χ3v) is 6.02. The van der Waals surface area contributed by atoms with E-state index in [1.54, 1.807) is 11.6 Å². The number of carbonyl (C=O) groups is 2. The van der Waals surface area contributed by atoms with Crippen LogP contribution in [0.4, 0.5) is 5.13 Å². The summed E-state index contributed by atoms with van der Waals surface area (Å²) in [7, 11) is 1.30. The van der Waals surface area contributed by atoms with E-state index < -0.39 is 5.97 Å². The largest absolute Gasteiger partial charge is 0.465 e. The number of esters is 1. The molecule has 0 saturated heterocycles. The molecule has 13 heteroatoms. The number of methoxy groups -OCH3 is 1. The molecule has 3 aromatic rings. The van der Waals surface area contributed by atoms with Gasteiger partial charge in [-0.15, -0.1) is 5.10 Å².